The predicted octanol–water partition coefficient (Wildman–Crippen LogP) is 2.00. The van der Waals surface area contributed by atoms with E-state index in [-0.39, 0.29) is 0 Å². The van der Waals surface area contributed by atoms with Crippen LogP contribution in [0.25, 0.3) is 0 Å². The first-order valence-electron chi connectivity index (χ1n) is 4.03. The number of ether oxygens (including phenoxy) is 1. The lowest BCUT2D eigenvalue weighted by molar-refractivity contribution is 0.0691. The van der Waals surface area contributed by atoms with Crippen molar-refractivity contribution in [3.63, 3.8) is 0 Å². The van der Waals surface area contributed by atoms with Crippen molar-refractivity contribution in [1.82, 2.24) is 0 Å². The van der Waals surface area contributed by atoms with Gasteiger partial charge in [-0.05, 0) is 24.1 Å². The Labute approximate surface area is 77.5 Å². The normalized spacial score (nSPS) is 8.92. The molecule has 13 heavy (non-hydrogen) atoms. The van der Waals surface area contributed by atoms with Gasteiger partial charge >= 0.3 is 5.97 Å². The molecule has 0 fully saturated rings. The average Bonchev–Trinajstić information content (AvgIpc) is 2.18. The molecule has 0 aliphatic rings. The van der Waals surface area contributed by atoms with Gasteiger partial charge in [0.15, 0.2) is 0 Å². The number of esters is 1. The van der Waals surface area contributed by atoms with Crippen LogP contribution in [0.5, 0.6) is 0 Å². The molecule has 2 nitrogen and oxygen atoms in total. The Morgan fingerprint density at radius 3 is 3.00 bits per heavy atom. The highest BCUT2D eigenvalue weighted by molar-refractivity contribution is 5.90. The first kappa shape index (κ1) is 9.34. The Hall–Kier alpha value is -1.75. The summed E-state index contributed by atoms with van der Waals surface area (Å²) in [5, 5.41) is 0. The van der Waals surface area contributed by atoms with E-state index in [4.69, 9.17) is 6.42 Å². The fourth-order valence-electron chi connectivity index (χ4n) is 1.03. The molecule has 1 aromatic rings. The summed E-state index contributed by atoms with van der Waals surface area (Å²) in [4.78, 5) is 11.1. The molecule has 0 bridgehead atoms. The number of hydrogen-bond donors (Lipinski definition) is 0. The van der Waals surface area contributed by atoms with Crippen LogP contribution in [-0.2, 0) is 11.2 Å². The van der Waals surface area contributed by atoms with Crippen molar-refractivity contribution in [3.8, 4) is 12.5 Å². The zero-order valence-electron chi connectivity index (χ0n) is 7.41. The monoisotopic (exact) mass is 174 g/mol. The molecule has 0 spiro atoms. The number of carbonyl (C=O) groups excluding carboxylic acids is 1. The van der Waals surface area contributed by atoms with Gasteiger partial charge in [-0.2, -0.15) is 0 Å². The van der Waals surface area contributed by atoms with Gasteiger partial charge in [-0.25, -0.2) is 4.79 Å². The lowest BCUT2D eigenvalue weighted by Crippen LogP contribution is -2.00. The third kappa shape index (κ3) is 2.34. The zero-order valence-corrected chi connectivity index (χ0v) is 7.41. The molecular weight excluding hydrogens is 164 g/mol. The first-order valence-corrected chi connectivity index (χ1v) is 4.03. The van der Waals surface area contributed by atoms with Crippen molar-refractivity contribution >= 4 is 5.97 Å². The van der Waals surface area contributed by atoms with Crippen LogP contribution in [0.4, 0.5) is 0 Å². The van der Waals surface area contributed by atoms with E-state index in [0.29, 0.717) is 5.56 Å². The van der Waals surface area contributed by atoms with Gasteiger partial charge in [0.1, 0.15) is 6.11 Å². The minimum absolute atomic E-state index is 0.474. The Morgan fingerprint density at radius 1 is 1.62 bits per heavy atom. The molecule has 0 heterocycles. The summed E-state index contributed by atoms with van der Waals surface area (Å²) in [6.45, 7) is 2.02. The van der Waals surface area contributed by atoms with Gasteiger partial charge in [-0.3, -0.25) is 0 Å². The van der Waals surface area contributed by atoms with Crippen molar-refractivity contribution in [2.75, 3.05) is 0 Å². The van der Waals surface area contributed by atoms with Gasteiger partial charge in [-0.1, -0.05) is 25.5 Å². The summed E-state index contributed by atoms with van der Waals surface area (Å²) in [7, 11) is 0. The van der Waals surface area contributed by atoms with Crippen molar-refractivity contribution in [3.05, 3.63) is 35.4 Å². The van der Waals surface area contributed by atoms with Crippen molar-refractivity contribution in [2.45, 2.75) is 13.3 Å². The van der Waals surface area contributed by atoms with Gasteiger partial charge in [0, 0.05) is 0 Å². The van der Waals surface area contributed by atoms with Gasteiger partial charge in [0.2, 0.25) is 0 Å². The highest BCUT2D eigenvalue weighted by Crippen LogP contribution is 2.06. The molecule has 2 heteroatoms. The quantitative estimate of drug-likeness (QED) is 0.506. The third-order valence-corrected chi connectivity index (χ3v) is 1.72. The molecule has 0 aliphatic heterocycles. The maximum atomic E-state index is 11.1. The molecular formula is C11H10O2. The van der Waals surface area contributed by atoms with Crippen LogP contribution in [0.15, 0.2) is 24.3 Å². The van der Waals surface area contributed by atoms with Crippen molar-refractivity contribution < 1.29 is 9.53 Å². The smallest absolute Gasteiger partial charge is 0.352 e. The molecule has 0 aromatic heterocycles. The van der Waals surface area contributed by atoms with E-state index in [1.807, 2.05) is 25.2 Å². The van der Waals surface area contributed by atoms with Gasteiger partial charge < -0.3 is 4.74 Å². The third-order valence-electron chi connectivity index (χ3n) is 1.72. The van der Waals surface area contributed by atoms with E-state index in [1.54, 1.807) is 12.1 Å². The number of carbonyl (C=O) groups is 1. The molecule has 0 N–H and O–H groups in total. The molecule has 1 aromatic carbocycles. The van der Waals surface area contributed by atoms with Crippen molar-refractivity contribution in [2.24, 2.45) is 0 Å². The van der Waals surface area contributed by atoms with E-state index >= 15 is 0 Å². The minimum Gasteiger partial charge on any atom is -0.369 e. The second-order valence-corrected chi connectivity index (χ2v) is 2.56. The Bertz CT molecular complexity index is 347. The van der Waals surface area contributed by atoms with Crippen LogP contribution >= 0.6 is 0 Å². The van der Waals surface area contributed by atoms with Gasteiger partial charge in [-0.15, -0.1) is 0 Å². The van der Waals surface area contributed by atoms with Crippen LogP contribution in [0.3, 0.4) is 0 Å². The molecule has 0 unspecified atom stereocenters. The molecule has 0 saturated heterocycles. The Kier molecular flexibility index (Phi) is 3.10. The number of rotatable bonds is 2. The largest absolute Gasteiger partial charge is 0.369 e. The van der Waals surface area contributed by atoms with Crippen molar-refractivity contribution in [1.29, 1.82) is 0 Å². The summed E-state index contributed by atoms with van der Waals surface area (Å²) >= 11 is 0. The predicted molar refractivity (Wildman–Crippen MR) is 50.1 cm³/mol. The number of benzene rings is 1. The molecule has 0 atom stereocenters. The Balaban J connectivity index is 2.89. The molecule has 0 radical (unpaired) electrons. The molecule has 66 valence electrons. The molecule has 1 rings (SSSR count). The second-order valence-electron chi connectivity index (χ2n) is 2.56. The summed E-state index contributed by atoms with van der Waals surface area (Å²) in [5.74, 6) is -0.474. The van der Waals surface area contributed by atoms with Gasteiger partial charge in [0.25, 0.3) is 0 Å². The van der Waals surface area contributed by atoms with Gasteiger partial charge in [0.05, 0.1) is 5.56 Å². The lowest BCUT2D eigenvalue weighted by atomic mass is 10.1. The summed E-state index contributed by atoms with van der Waals surface area (Å²) < 4.78 is 4.42. The second kappa shape index (κ2) is 4.32. The number of terminal acetylenes is 1. The fraction of sp³-hybridized carbons (Fsp3) is 0.182. The highest BCUT2D eigenvalue weighted by atomic mass is 16.5. The topological polar surface area (TPSA) is 26.3 Å². The maximum Gasteiger partial charge on any atom is 0.352 e. The van der Waals surface area contributed by atoms with E-state index < -0.39 is 5.97 Å². The standard InChI is InChI=1S/C11H10O2/c1-3-9-6-5-7-10(8-9)11(12)13-4-2/h2,5-8H,3H2,1H3. The average molecular weight is 174 g/mol. The van der Waals surface area contributed by atoms with E-state index in [0.717, 1.165) is 12.0 Å². The summed E-state index contributed by atoms with van der Waals surface area (Å²) in [6.07, 6.45) is 7.58. The van der Waals surface area contributed by atoms with Crippen LogP contribution in [0.1, 0.15) is 22.8 Å². The number of hydrogen-bond acceptors (Lipinski definition) is 2. The lowest BCUT2D eigenvalue weighted by Gasteiger charge is -1.99. The highest BCUT2D eigenvalue weighted by Gasteiger charge is 2.05. The fourth-order valence-corrected chi connectivity index (χ4v) is 1.03. The maximum absolute atomic E-state index is 11.1. The van der Waals surface area contributed by atoms with E-state index in [9.17, 15) is 4.79 Å². The zero-order chi connectivity index (χ0) is 9.68. The summed E-state index contributed by atoms with van der Waals surface area (Å²) in [5.41, 5.74) is 1.59. The van der Waals surface area contributed by atoms with Crippen LogP contribution in [-0.4, -0.2) is 5.97 Å². The van der Waals surface area contributed by atoms with E-state index in [1.165, 1.54) is 0 Å². The Morgan fingerprint density at radius 2 is 2.38 bits per heavy atom. The SMILES string of the molecule is C#COC(=O)c1cccc(CC)c1. The summed E-state index contributed by atoms with van der Waals surface area (Å²) in [6, 6.07) is 7.22. The first-order chi connectivity index (χ1) is 6.27. The van der Waals surface area contributed by atoms with Crippen LogP contribution in [0, 0.1) is 12.5 Å². The van der Waals surface area contributed by atoms with Crippen LogP contribution < -0.4 is 0 Å². The molecule has 0 aliphatic carbocycles. The molecule has 0 saturated carbocycles. The number of aryl methyl sites for hydroxylation is 1. The molecule has 0 amide bonds. The van der Waals surface area contributed by atoms with Crippen LogP contribution in [0.2, 0.25) is 0 Å². The van der Waals surface area contributed by atoms with E-state index in [2.05, 4.69) is 4.74 Å². The minimum atomic E-state index is -0.474.